The van der Waals surface area contributed by atoms with Gasteiger partial charge in [0.25, 0.3) is 11.8 Å². The third-order valence-electron chi connectivity index (χ3n) is 12.4. The van der Waals surface area contributed by atoms with Crippen LogP contribution in [0.25, 0.3) is 22.4 Å². The SMILES string of the molecule is Cc1nn(CC(=O)Nc2ccc(F)nn2)cc1-c1ccc(-c2nc(C(=O)Nc3ccc(C(=O)N4CCN(C(=O)C5CC[N+](CC(=O)O)(CC6CNC6)CC5)CC4)c(Cl)c3)[nH]c2C)c(F)c1F. The number of hydrogen-bond donors (Lipinski definition) is 5. The molecule has 3 saturated heterocycles. The van der Waals surface area contributed by atoms with Crippen molar-refractivity contribution in [1.29, 1.82) is 0 Å². The number of aromatic amines is 1. The van der Waals surface area contributed by atoms with Crippen molar-refractivity contribution in [2.24, 2.45) is 11.8 Å². The number of benzene rings is 2. The first-order valence-electron chi connectivity index (χ1n) is 21.4. The van der Waals surface area contributed by atoms with Crippen LogP contribution in [-0.2, 0) is 20.9 Å². The maximum Gasteiger partial charge on any atom is 0.359 e. The summed E-state index contributed by atoms with van der Waals surface area (Å²) in [6.07, 6.45) is 2.63. The first-order chi connectivity index (χ1) is 31.6. The number of carboxylic acid groups (broad SMARTS) is 1. The van der Waals surface area contributed by atoms with Crippen LogP contribution in [0.3, 0.4) is 0 Å². The first-order valence-corrected chi connectivity index (χ1v) is 21.8. The summed E-state index contributed by atoms with van der Waals surface area (Å²) >= 11 is 6.57. The highest BCUT2D eigenvalue weighted by Crippen LogP contribution is 2.34. The van der Waals surface area contributed by atoms with E-state index in [1.807, 2.05) is 0 Å². The molecule has 8 rings (SSSR count). The number of nitrogens with zero attached hydrogens (tertiary/aromatic N) is 8. The number of nitrogens with one attached hydrogen (secondary N) is 4. The van der Waals surface area contributed by atoms with Crippen molar-refractivity contribution in [3.05, 3.63) is 94.0 Å². The third-order valence-corrected chi connectivity index (χ3v) is 12.8. The van der Waals surface area contributed by atoms with Gasteiger partial charge in [0.05, 0.1) is 41.6 Å². The van der Waals surface area contributed by atoms with Crippen molar-refractivity contribution in [2.75, 3.05) is 76.1 Å². The Kier molecular flexibility index (Phi) is 13.2. The molecule has 4 amide bonds. The van der Waals surface area contributed by atoms with Gasteiger partial charge < -0.3 is 40.3 Å². The summed E-state index contributed by atoms with van der Waals surface area (Å²) in [5.74, 6) is -5.55. The van der Waals surface area contributed by atoms with E-state index in [1.165, 1.54) is 47.3 Å². The number of aliphatic carboxylic acids is 1. The van der Waals surface area contributed by atoms with Crippen LogP contribution in [0.1, 0.15) is 45.2 Å². The minimum absolute atomic E-state index is 0.00946. The molecular formula is C44H47ClF3N12O6+. The summed E-state index contributed by atoms with van der Waals surface area (Å²) < 4.78 is 46.3. The number of carboxylic acids is 1. The molecular weight excluding hydrogens is 885 g/mol. The Morgan fingerprint density at radius 3 is 2.23 bits per heavy atom. The molecule has 3 fully saturated rings. The topological polar surface area (TPSA) is 220 Å². The van der Waals surface area contributed by atoms with E-state index >= 15 is 8.78 Å². The lowest BCUT2D eigenvalue weighted by Gasteiger charge is -2.46. The minimum Gasteiger partial charge on any atom is -0.477 e. The number of piperidine rings is 1. The van der Waals surface area contributed by atoms with Crippen LogP contribution >= 0.6 is 11.6 Å². The number of carbonyl (C=O) groups excluding carboxylic acids is 4. The second kappa shape index (κ2) is 19.0. The number of carbonyl (C=O) groups is 5. The highest BCUT2D eigenvalue weighted by molar-refractivity contribution is 6.34. The Balaban J connectivity index is 0.853. The summed E-state index contributed by atoms with van der Waals surface area (Å²) in [5, 5.41) is 29.1. The van der Waals surface area contributed by atoms with E-state index in [4.69, 9.17) is 11.6 Å². The number of aromatic nitrogens is 6. The fourth-order valence-corrected chi connectivity index (χ4v) is 9.20. The molecule has 22 heteroatoms. The molecule has 3 aliphatic heterocycles. The zero-order chi connectivity index (χ0) is 46.9. The average Bonchev–Trinajstić information content (AvgIpc) is 3.84. The van der Waals surface area contributed by atoms with E-state index in [0.29, 0.717) is 68.2 Å². The number of quaternary nitrogens is 1. The lowest BCUT2D eigenvalue weighted by Crippen LogP contribution is -2.62. The Morgan fingerprint density at radius 1 is 0.879 bits per heavy atom. The van der Waals surface area contributed by atoms with Gasteiger partial charge in [-0.05, 0) is 50.2 Å². The molecule has 5 aromatic rings. The molecule has 3 aliphatic rings. The van der Waals surface area contributed by atoms with Gasteiger partial charge in [-0.25, -0.2) is 18.6 Å². The summed E-state index contributed by atoms with van der Waals surface area (Å²) in [6.45, 7) is 8.06. The first kappa shape index (κ1) is 45.8. The average molecular weight is 932 g/mol. The Labute approximate surface area is 381 Å². The Morgan fingerprint density at radius 2 is 1.58 bits per heavy atom. The molecule has 5 N–H and O–H groups in total. The number of piperazine rings is 1. The van der Waals surface area contributed by atoms with Crippen LogP contribution in [0, 0.1) is 43.3 Å². The monoisotopic (exact) mass is 931 g/mol. The van der Waals surface area contributed by atoms with Crippen LogP contribution in [-0.4, -0.2) is 144 Å². The number of H-pyrrole nitrogens is 1. The third kappa shape index (κ3) is 9.92. The Hall–Kier alpha value is -6.71. The van der Waals surface area contributed by atoms with Crippen LogP contribution in [0.2, 0.25) is 5.02 Å². The highest BCUT2D eigenvalue weighted by atomic mass is 35.5. The molecule has 0 unspecified atom stereocenters. The molecule has 0 bridgehead atoms. The van der Waals surface area contributed by atoms with Crippen LogP contribution in [0.5, 0.6) is 0 Å². The molecule has 18 nitrogen and oxygen atoms in total. The molecule has 0 spiro atoms. The van der Waals surface area contributed by atoms with Gasteiger partial charge in [-0.3, -0.25) is 23.9 Å². The number of rotatable bonds is 13. The van der Waals surface area contributed by atoms with Gasteiger partial charge in [0, 0.05) is 98.2 Å². The van der Waals surface area contributed by atoms with Crippen molar-refractivity contribution in [1.82, 2.24) is 45.1 Å². The number of aryl methyl sites for hydroxylation is 2. The number of amides is 4. The maximum absolute atomic E-state index is 15.8. The predicted molar refractivity (Wildman–Crippen MR) is 234 cm³/mol. The largest absolute Gasteiger partial charge is 0.477 e. The normalized spacial score (nSPS) is 18.7. The van der Waals surface area contributed by atoms with Crippen LogP contribution in [0.4, 0.5) is 24.7 Å². The van der Waals surface area contributed by atoms with Gasteiger partial charge in [0.2, 0.25) is 17.8 Å². The maximum atomic E-state index is 15.8. The van der Waals surface area contributed by atoms with Gasteiger partial charge >= 0.3 is 5.97 Å². The second-order valence-corrected chi connectivity index (χ2v) is 17.5. The van der Waals surface area contributed by atoms with Crippen LogP contribution in [0.15, 0.2) is 48.7 Å². The predicted octanol–water partition coefficient (Wildman–Crippen LogP) is 4.12. The van der Waals surface area contributed by atoms with Gasteiger partial charge in [0.15, 0.2) is 29.8 Å². The standard InChI is InChI=1S/C44H46ClF3N12O6/c1-24-32(20-59(56-24)21-36(61)52-35-8-7-34(46)54-55-35)29-5-6-31(39(48)38(29)47)40-25(2)50-41(53-40)42(64)51-28-3-4-30(33(45)17-28)44(66)58-13-11-57(12-14-58)43(65)27-9-15-60(16-10-27,23-37(62)63)22-26-18-49-19-26/h3-8,17,20,26-27,49H,9-16,18-19,21-23H2,1-2H3,(H3-,50,51,52,53,55,61,62,63,64,66)/p+1. The smallest absolute Gasteiger partial charge is 0.359 e. The number of likely N-dealkylation sites (tertiary alicyclic amines) is 1. The summed E-state index contributed by atoms with van der Waals surface area (Å²) in [7, 11) is 0. The zero-order valence-electron chi connectivity index (χ0n) is 36.0. The van der Waals surface area contributed by atoms with Crippen molar-refractivity contribution >= 4 is 52.7 Å². The molecule has 0 radical (unpaired) electrons. The van der Waals surface area contributed by atoms with Gasteiger partial charge in [-0.15, -0.1) is 10.2 Å². The van der Waals surface area contributed by atoms with Crippen molar-refractivity contribution in [2.45, 2.75) is 33.2 Å². The molecule has 6 heterocycles. The fraction of sp³-hybridized carbons (Fsp3) is 0.386. The molecule has 346 valence electrons. The lowest BCUT2D eigenvalue weighted by molar-refractivity contribution is -0.929. The molecule has 0 saturated carbocycles. The van der Waals surface area contributed by atoms with E-state index in [1.54, 1.807) is 23.6 Å². The minimum atomic E-state index is -1.23. The lowest BCUT2D eigenvalue weighted by atomic mass is 9.90. The van der Waals surface area contributed by atoms with Crippen molar-refractivity contribution in [3.8, 4) is 22.4 Å². The number of anilines is 2. The van der Waals surface area contributed by atoms with E-state index in [2.05, 4.69) is 41.2 Å². The van der Waals surface area contributed by atoms with E-state index in [-0.39, 0.29) is 86.8 Å². The molecule has 0 atom stereocenters. The zero-order valence-corrected chi connectivity index (χ0v) is 36.8. The molecule has 0 aliphatic carbocycles. The van der Waals surface area contributed by atoms with Gasteiger partial charge in [-0.2, -0.15) is 9.49 Å². The highest BCUT2D eigenvalue weighted by Gasteiger charge is 2.42. The number of halogens is 4. The van der Waals surface area contributed by atoms with Gasteiger partial charge in [-0.1, -0.05) is 17.7 Å². The van der Waals surface area contributed by atoms with E-state index < -0.39 is 35.4 Å². The van der Waals surface area contributed by atoms with Crippen molar-refractivity contribution in [3.63, 3.8) is 0 Å². The fourth-order valence-electron chi connectivity index (χ4n) is 8.94. The second-order valence-electron chi connectivity index (χ2n) is 17.1. The van der Waals surface area contributed by atoms with Crippen LogP contribution < -0.4 is 16.0 Å². The van der Waals surface area contributed by atoms with E-state index in [9.17, 15) is 33.5 Å². The Bertz CT molecular complexity index is 2690. The molecule has 2 aromatic carbocycles. The molecule has 66 heavy (non-hydrogen) atoms. The number of hydrogen-bond acceptors (Lipinski definition) is 10. The summed E-state index contributed by atoms with van der Waals surface area (Å²) in [5.41, 5.74) is 0.920. The quantitative estimate of drug-likeness (QED) is 0.106. The van der Waals surface area contributed by atoms with Crippen molar-refractivity contribution < 1.29 is 46.7 Å². The van der Waals surface area contributed by atoms with Gasteiger partial charge in [0.1, 0.15) is 6.54 Å². The summed E-state index contributed by atoms with van der Waals surface area (Å²) in [6, 6.07) is 9.34. The molecule has 3 aromatic heterocycles. The summed E-state index contributed by atoms with van der Waals surface area (Å²) in [4.78, 5) is 75.1. The number of imidazole rings is 1. The van der Waals surface area contributed by atoms with E-state index in [0.717, 1.165) is 25.7 Å².